The monoisotopic (exact) mass is 647 g/mol. The van der Waals surface area contributed by atoms with E-state index in [-0.39, 0.29) is 18.0 Å². The summed E-state index contributed by atoms with van der Waals surface area (Å²) in [5.41, 5.74) is 5.47. The van der Waals surface area contributed by atoms with Gasteiger partial charge in [-0.1, -0.05) is 108 Å². The van der Waals surface area contributed by atoms with Crippen molar-refractivity contribution in [1.82, 2.24) is 5.32 Å². The smallest absolute Gasteiger partial charge is 0.326 e. The number of nitrogens with one attached hydrogen (secondary N) is 1. The molecule has 0 bridgehead atoms. The summed E-state index contributed by atoms with van der Waals surface area (Å²) in [5, 5.41) is 11.9. The number of hydrogen-bond donors (Lipinski definition) is 3. The molecule has 46 heavy (non-hydrogen) atoms. The van der Waals surface area contributed by atoms with Gasteiger partial charge in [0.15, 0.2) is 0 Å². The Hall–Kier alpha value is -2.41. The maximum Gasteiger partial charge on any atom is 0.326 e. The second-order valence-electron chi connectivity index (χ2n) is 12.6. The van der Waals surface area contributed by atoms with Crippen LogP contribution in [0.5, 0.6) is 0 Å². The highest BCUT2D eigenvalue weighted by atomic mass is 16.5. The van der Waals surface area contributed by atoms with Crippen LogP contribution in [0.1, 0.15) is 174 Å². The van der Waals surface area contributed by atoms with Crippen LogP contribution < -0.4 is 11.1 Å². The molecule has 0 radical (unpaired) electrons. The van der Waals surface area contributed by atoms with Crippen molar-refractivity contribution in [3.63, 3.8) is 0 Å². The quantitative estimate of drug-likeness (QED) is 0.0371. The first-order chi connectivity index (χ1) is 22.4. The SMILES string of the molecule is CCCCC/C=C\C/C=C\C(CCCCCCC(=O)NC(CCCN)C(=O)O)OC(=O)CCCCCCC/C=C\CCCCCC. The maximum atomic E-state index is 12.6. The topological polar surface area (TPSA) is 119 Å². The van der Waals surface area contributed by atoms with Gasteiger partial charge in [-0.25, -0.2) is 4.79 Å². The summed E-state index contributed by atoms with van der Waals surface area (Å²) in [5.74, 6) is -1.36. The molecule has 0 aromatic rings. The number of nitrogens with two attached hydrogens (primary N) is 1. The fourth-order valence-corrected chi connectivity index (χ4v) is 5.27. The number of rotatable bonds is 33. The van der Waals surface area contributed by atoms with Gasteiger partial charge >= 0.3 is 11.9 Å². The number of ether oxygens (including phenoxy) is 1. The third-order valence-corrected chi connectivity index (χ3v) is 8.16. The molecule has 0 rings (SSSR count). The Morgan fingerprint density at radius 3 is 1.85 bits per heavy atom. The van der Waals surface area contributed by atoms with Gasteiger partial charge in [-0.2, -0.15) is 0 Å². The van der Waals surface area contributed by atoms with Gasteiger partial charge in [-0.05, 0) is 96.1 Å². The second-order valence-corrected chi connectivity index (χ2v) is 12.6. The zero-order chi connectivity index (χ0) is 33.9. The van der Waals surface area contributed by atoms with Crippen molar-refractivity contribution >= 4 is 17.8 Å². The number of carbonyl (C=O) groups is 3. The zero-order valence-electron chi connectivity index (χ0n) is 29.7. The number of amides is 1. The Bertz CT molecular complexity index is 823. The average molecular weight is 647 g/mol. The van der Waals surface area contributed by atoms with Crippen LogP contribution in [0.15, 0.2) is 36.5 Å². The largest absolute Gasteiger partial charge is 0.480 e. The van der Waals surface area contributed by atoms with Crippen LogP contribution in [0.2, 0.25) is 0 Å². The summed E-state index contributed by atoms with van der Waals surface area (Å²) in [6.45, 7) is 4.86. The normalized spacial score (nSPS) is 13.1. The van der Waals surface area contributed by atoms with E-state index in [0.29, 0.717) is 38.6 Å². The highest BCUT2D eigenvalue weighted by molar-refractivity contribution is 5.83. The van der Waals surface area contributed by atoms with Crippen LogP contribution in [-0.2, 0) is 19.1 Å². The number of unbranched alkanes of at least 4 members (excludes halogenated alkanes) is 15. The third-order valence-electron chi connectivity index (χ3n) is 8.16. The summed E-state index contributed by atoms with van der Waals surface area (Å²) in [7, 11) is 0. The molecule has 0 aliphatic heterocycles. The van der Waals surface area contributed by atoms with Crippen molar-refractivity contribution < 1.29 is 24.2 Å². The molecular weight excluding hydrogens is 576 g/mol. The minimum Gasteiger partial charge on any atom is -0.480 e. The van der Waals surface area contributed by atoms with Gasteiger partial charge in [0.1, 0.15) is 12.1 Å². The third kappa shape index (κ3) is 30.3. The van der Waals surface area contributed by atoms with Crippen LogP contribution in [0.25, 0.3) is 0 Å². The standard InChI is InChI=1S/C39H70N2O5/c1-3-5-7-9-11-13-14-15-16-17-19-21-27-33-38(43)46-35(29-24-20-18-12-10-8-6-4-2)30-25-22-23-26-32-37(42)41-36(39(44)45)31-28-34-40/h12-14,18,24,29,35-36H,3-11,15-17,19-23,25-28,30-34,40H2,1-2H3,(H,41,42)(H,44,45)/b14-13-,18-12-,29-24-. The van der Waals surface area contributed by atoms with Gasteiger partial charge in [-0.15, -0.1) is 0 Å². The van der Waals surface area contributed by atoms with Gasteiger partial charge in [0, 0.05) is 12.8 Å². The number of carbonyl (C=O) groups excluding carboxylic acids is 2. The predicted octanol–water partition coefficient (Wildman–Crippen LogP) is 9.89. The fraction of sp³-hybridized carbons (Fsp3) is 0.769. The summed E-state index contributed by atoms with van der Waals surface area (Å²) in [6, 6.07) is -0.874. The first kappa shape index (κ1) is 43.6. The number of carboxylic acids is 1. The van der Waals surface area contributed by atoms with Crippen LogP contribution in [0.3, 0.4) is 0 Å². The lowest BCUT2D eigenvalue weighted by Crippen LogP contribution is -2.40. The molecule has 0 fully saturated rings. The Morgan fingerprint density at radius 2 is 1.20 bits per heavy atom. The number of allylic oxidation sites excluding steroid dienone is 5. The summed E-state index contributed by atoms with van der Waals surface area (Å²) in [4.78, 5) is 36.1. The second kappa shape index (κ2) is 33.9. The molecule has 266 valence electrons. The van der Waals surface area contributed by atoms with Crippen LogP contribution in [-0.4, -0.2) is 41.6 Å². The van der Waals surface area contributed by atoms with Gasteiger partial charge < -0.3 is 20.9 Å². The molecule has 0 heterocycles. The van der Waals surface area contributed by atoms with E-state index < -0.39 is 12.0 Å². The molecule has 0 aromatic carbocycles. The van der Waals surface area contributed by atoms with E-state index >= 15 is 0 Å². The van der Waals surface area contributed by atoms with Gasteiger partial charge in [-0.3, -0.25) is 9.59 Å². The van der Waals surface area contributed by atoms with Crippen molar-refractivity contribution in [2.45, 2.75) is 187 Å². The fourth-order valence-electron chi connectivity index (χ4n) is 5.27. The maximum absolute atomic E-state index is 12.6. The summed E-state index contributed by atoms with van der Waals surface area (Å²) >= 11 is 0. The minimum atomic E-state index is -1.02. The van der Waals surface area contributed by atoms with Gasteiger partial charge in [0.2, 0.25) is 5.91 Å². The first-order valence-electron chi connectivity index (χ1n) is 18.8. The van der Waals surface area contributed by atoms with Crippen LogP contribution in [0, 0.1) is 0 Å². The summed E-state index contributed by atoms with van der Waals surface area (Å²) < 4.78 is 5.87. The number of aliphatic carboxylic acids is 1. The molecule has 0 spiro atoms. The van der Waals surface area contributed by atoms with E-state index in [9.17, 15) is 19.5 Å². The predicted molar refractivity (Wildman–Crippen MR) is 193 cm³/mol. The molecule has 0 saturated carbocycles. The van der Waals surface area contributed by atoms with E-state index in [1.54, 1.807) is 0 Å². The Kier molecular flexibility index (Phi) is 32.2. The molecular formula is C39H70N2O5. The molecule has 0 aliphatic rings. The molecule has 0 aromatic heterocycles. The molecule has 2 unspecified atom stereocenters. The number of hydrogen-bond acceptors (Lipinski definition) is 5. The van der Waals surface area contributed by atoms with Crippen molar-refractivity contribution in [1.29, 1.82) is 0 Å². The van der Waals surface area contributed by atoms with Gasteiger partial charge in [0.05, 0.1) is 0 Å². The highest BCUT2D eigenvalue weighted by Gasteiger charge is 2.19. The van der Waals surface area contributed by atoms with E-state index in [4.69, 9.17) is 10.5 Å². The lowest BCUT2D eigenvalue weighted by molar-refractivity contribution is -0.147. The number of esters is 1. The Balaban J connectivity index is 4.39. The zero-order valence-corrected chi connectivity index (χ0v) is 29.7. The van der Waals surface area contributed by atoms with Crippen LogP contribution >= 0.6 is 0 Å². The first-order valence-corrected chi connectivity index (χ1v) is 18.8. The van der Waals surface area contributed by atoms with E-state index in [1.807, 2.05) is 6.08 Å². The molecule has 0 aliphatic carbocycles. The minimum absolute atomic E-state index is 0.116. The highest BCUT2D eigenvalue weighted by Crippen LogP contribution is 2.15. The van der Waals surface area contributed by atoms with Crippen molar-refractivity contribution in [3.05, 3.63) is 36.5 Å². The van der Waals surface area contributed by atoms with Crippen molar-refractivity contribution in [3.8, 4) is 0 Å². The Labute approximate surface area is 282 Å². The Morgan fingerprint density at radius 1 is 0.652 bits per heavy atom. The lowest BCUT2D eigenvalue weighted by atomic mass is 10.1. The molecule has 0 saturated heterocycles. The van der Waals surface area contributed by atoms with Crippen LogP contribution in [0.4, 0.5) is 0 Å². The lowest BCUT2D eigenvalue weighted by Gasteiger charge is -2.15. The molecule has 7 heteroatoms. The van der Waals surface area contributed by atoms with E-state index in [2.05, 4.69) is 49.5 Å². The molecule has 7 nitrogen and oxygen atoms in total. The van der Waals surface area contributed by atoms with Crippen molar-refractivity contribution in [2.75, 3.05) is 6.54 Å². The van der Waals surface area contributed by atoms with E-state index in [1.165, 1.54) is 64.2 Å². The molecule has 2 atom stereocenters. The van der Waals surface area contributed by atoms with Gasteiger partial charge in [0.25, 0.3) is 0 Å². The van der Waals surface area contributed by atoms with E-state index in [0.717, 1.165) is 64.2 Å². The number of carboxylic acid groups (broad SMARTS) is 1. The molecule has 1 amide bonds. The summed E-state index contributed by atoms with van der Waals surface area (Å²) in [6.07, 6.45) is 37.7. The molecule has 4 N–H and O–H groups in total. The van der Waals surface area contributed by atoms with Crippen molar-refractivity contribution in [2.24, 2.45) is 5.73 Å². The average Bonchev–Trinajstić information content (AvgIpc) is 3.04.